The van der Waals surface area contributed by atoms with Gasteiger partial charge in [0, 0.05) is 25.0 Å². The van der Waals surface area contributed by atoms with Crippen LogP contribution in [0.3, 0.4) is 0 Å². The van der Waals surface area contributed by atoms with E-state index in [-0.39, 0.29) is 0 Å². The summed E-state index contributed by atoms with van der Waals surface area (Å²) in [5.74, 6) is 0.767. The second kappa shape index (κ2) is 5.17. The maximum absolute atomic E-state index is 11.9. The highest BCUT2D eigenvalue weighted by atomic mass is 16.2. The van der Waals surface area contributed by atoms with Crippen molar-refractivity contribution in [2.45, 2.75) is 57.5 Å². The molecule has 0 saturated heterocycles. The van der Waals surface area contributed by atoms with E-state index >= 15 is 0 Å². The van der Waals surface area contributed by atoms with Crippen molar-refractivity contribution in [1.29, 1.82) is 0 Å². The van der Waals surface area contributed by atoms with Gasteiger partial charge in [0.15, 0.2) is 0 Å². The monoisotopic (exact) mass is 224 g/mol. The van der Waals surface area contributed by atoms with E-state index in [0.29, 0.717) is 23.9 Å². The van der Waals surface area contributed by atoms with Gasteiger partial charge >= 0.3 is 0 Å². The molecule has 3 heteroatoms. The van der Waals surface area contributed by atoms with Crippen LogP contribution in [0.5, 0.6) is 0 Å². The zero-order valence-electron chi connectivity index (χ0n) is 10.5. The summed E-state index contributed by atoms with van der Waals surface area (Å²) in [6.07, 6.45) is 7.03. The number of carbonyl (C=O) groups excluding carboxylic acids is 1. The van der Waals surface area contributed by atoms with Crippen molar-refractivity contribution in [1.82, 2.24) is 10.2 Å². The van der Waals surface area contributed by atoms with Crippen molar-refractivity contribution in [2.75, 3.05) is 13.6 Å². The summed E-state index contributed by atoms with van der Waals surface area (Å²) < 4.78 is 0. The first-order valence-corrected chi connectivity index (χ1v) is 6.72. The molecule has 92 valence electrons. The molecule has 0 heterocycles. The Hall–Kier alpha value is -0.570. The second-order valence-electron chi connectivity index (χ2n) is 5.29. The Balaban J connectivity index is 1.76. The third-order valence-corrected chi connectivity index (χ3v) is 4.01. The Morgan fingerprint density at radius 1 is 1.19 bits per heavy atom. The van der Waals surface area contributed by atoms with Crippen molar-refractivity contribution in [3.63, 3.8) is 0 Å². The molecular formula is C13H24N2O. The van der Waals surface area contributed by atoms with E-state index in [2.05, 4.69) is 12.2 Å². The fourth-order valence-electron chi connectivity index (χ4n) is 2.75. The van der Waals surface area contributed by atoms with Crippen LogP contribution in [0.2, 0.25) is 0 Å². The third-order valence-electron chi connectivity index (χ3n) is 4.01. The summed E-state index contributed by atoms with van der Waals surface area (Å²) in [5.41, 5.74) is 0. The Bertz CT molecular complexity index is 242. The van der Waals surface area contributed by atoms with Gasteiger partial charge < -0.3 is 10.2 Å². The minimum Gasteiger partial charge on any atom is -0.343 e. The number of nitrogens with one attached hydrogen (secondary N) is 1. The molecule has 0 spiro atoms. The van der Waals surface area contributed by atoms with Crippen molar-refractivity contribution in [3.05, 3.63) is 0 Å². The highest BCUT2D eigenvalue weighted by Crippen LogP contribution is 2.33. The fraction of sp³-hybridized carbons (Fsp3) is 0.923. The molecule has 2 aliphatic rings. The largest absolute Gasteiger partial charge is 0.343 e. The van der Waals surface area contributed by atoms with Gasteiger partial charge in [0.25, 0.3) is 0 Å². The second-order valence-corrected chi connectivity index (χ2v) is 5.29. The van der Waals surface area contributed by atoms with E-state index in [0.717, 1.165) is 19.4 Å². The number of carbonyl (C=O) groups is 1. The average Bonchev–Trinajstić information content (AvgIpc) is 3.12. The molecule has 1 N–H and O–H groups in total. The first kappa shape index (κ1) is 11.9. The summed E-state index contributed by atoms with van der Waals surface area (Å²) in [5, 5.41) is 3.50. The van der Waals surface area contributed by atoms with Crippen molar-refractivity contribution >= 4 is 5.91 Å². The average molecular weight is 224 g/mol. The zero-order chi connectivity index (χ0) is 11.5. The van der Waals surface area contributed by atoms with E-state index in [1.165, 1.54) is 25.7 Å². The Morgan fingerprint density at radius 2 is 1.81 bits per heavy atom. The summed E-state index contributed by atoms with van der Waals surface area (Å²) in [7, 11) is 2.00. The lowest BCUT2D eigenvalue weighted by atomic mass is 9.90. The van der Waals surface area contributed by atoms with Gasteiger partial charge in [-0.05, 0) is 45.1 Å². The molecule has 0 atom stereocenters. The molecule has 1 amide bonds. The Labute approximate surface area is 98.6 Å². The van der Waals surface area contributed by atoms with Gasteiger partial charge in [0.05, 0.1) is 0 Å². The maximum Gasteiger partial charge on any atom is 0.225 e. The van der Waals surface area contributed by atoms with E-state index in [1.807, 2.05) is 11.9 Å². The van der Waals surface area contributed by atoms with E-state index in [9.17, 15) is 4.79 Å². The summed E-state index contributed by atoms with van der Waals surface area (Å²) in [6, 6.07) is 1.19. The molecule has 0 unspecified atom stereocenters. The van der Waals surface area contributed by atoms with Gasteiger partial charge in [0.1, 0.15) is 0 Å². The molecule has 0 aromatic rings. The molecule has 0 aliphatic heterocycles. The SMILES string of the molecule is CCNC1CCC(N(C)C(=O)C2CC2)CC1. The van der Waals surface area contributed by atoms with Crippen LogP contribution in [0, 0.1) is 5.92 Å². The number of amides is 1. The summed E-state index contributed by atoms with van der Waals surface area (Å²) in [6.45, 7) is 3.22. The quantitative estimate of drug-likeness (QED) is 0.789. The van der Waals surface area contributed by atoms with Gasteiger partial charge in [-0.1, -0.05) is 6.92 Å². The number of hydrogen-bond acceptors (Lipinski definition) is 2. The van der Waals surface area contributed by atoms with Gasteiger partial charge in [0.2, 0.25) is 5.91 Å². The smallest absolute Gasteiger partial charge is 0.225 e. The minimum absolute atomic E-state index is 0.372. The summed E-state index contributed by atoms with van der Waals surface area (Å²) in [4.78, 5) is 13.9. The highest BCUT2D eigenvalue weighted by Gasteiger charge is 2.35. The molecule has 0 aromatic heterocycles. The van der Waals surface area contributed by atoms with E-state index in [1.54, 1.807) is 0 Å². The fourth-order valence-corrected chi connectivity index (χ4v) is 2.75. The lowest BCUT2D eigenvalue weighted by Crippen LogP contribution is -2.43. The topological polar surface area (TPSA) is 32.3 Å². The first-order valence-electron chi connectivity index (χ1n) is 6.72. The van der Waals surface area contributed by atoms with Crippen LogP contribution in [0.25, 0.3) is 0 Å². The molecule has 2 fully saturated rings. The van der Waals surface area contributed by atoms with Gasteiger partial charge in [-0.15, -0.1) is 0 Å². The standard InChI is InChI=1S/C13H24N2O/c1-3-14-11-6-8-12(9-7-11)15(2)13(16)10-4-5-10/h10-12,14H,3-9H2,1-2H3. The lowest BCUT2D eigenvalue weighted by Gasteiger charge is -2.35. The van der Waals surface area contributed by atoms with Crippen LogP contribution in [0.1, 0.15) is 45.4 Å². The highest BCUT2D eigenvalue weighted by molar-refractivity contribution is 5.81. The van der Waals surface area contributed by atoms with Crippen LogP contribution < -0.4 is 5.32 Å². The maximum atomic E-state index is 11.9. The van der Waals surface area contributed by atoms with Gasteiger partial charge in [-0.2, -0.15) is 0 Å². The minimum atomic E-state index is 0.372. The van der Waals surface area contributed by atoms with Crippen LogP contribution >= 0.6 is 0 Å². The predicted octanol–water partition coefficient (Wildman–Crippen LogP) is 1.78. The van der Waals surface area contributed by atoms with Crippen LogP contribution in [0.4, 0.5) is 0 Å². The molecule has 3 nitrogen and oxygen atoms in total. The van der Waals surface area contributed by atoms with Gasteiger partial charge in [-0.3, -0.25) is 4.79 Å². The molecule has 2 rings (SSSR count). The van der Waals surface area contributed by atoms with Crippen molar-refractivity contribution < 1.29 is 4.79 Å². The number of hydrogen-bond donors (Lipinski definition) is 1. The Morgan fingerprint density at radius 3 is 2.31 bits per heavy atom. The van der Waals surface area contributed by atoms with E-state index in [4.69, 9.17) is 0 Å². The normalized spacial score (nSPS) is 30.1. The molecule has 2 saturated carbocycles. The van der Waals surface area contributed by atoms with Crippen LogP contribution in [-0.4, -0.2) is 36.5 Å². The van der Waals surface area contributed by atoms with Crippen LogP contribution in [-0.2, 0) is 4.79 Å². The molecule has 2 aliphatic carbocycles. The zero-order valence-corrected chi connectivity index (χ0v) is 10.5. The predicted molar refractivity (Wildman–Crippen MR) is 65.2 cm³/mol. The lowest BCUT2D eigenvalue weighted by molar-refractivity contribution is -0.134. The molecule has 0 radical (unpaired) electrons. The van der Waals surface area contributed by atoms with Gasteiger partial charge in [-0.25, -0.2) is 0 Å². The number of nitrogens with zero attached hydrogens (tertiary/aromatic N) is 1. The Kier molecular flexibility index (Phi) is 3.85. The van der Waals surface area contributed by atoms with Crippen molar-refractivity contribution in [2.24, 2.45) is 5.92 Å². The molecular weight excluding hydrogens is 200 g/mol. The first-order chi connectivity index (χ1) is 7.72. The summed E-state index contributed by atoms with van der Waals surface area (Å²) >= 11 is 0. The molecule has 0 aromatic carbocycles. The van der Waals surface area contributed by atoms with Crippen LogP contribution in [0.15, 0.2) is 0 Å². The number of rotatable bonds is 4. The van der Waals surface area contributed by atoms with Crippen molar-refractivity contribution in [3.8, 4) is 0 Å². The molecule has 16 heavy (non-hydrogen) atoms. The molecule has 0 bridgehead atoms. The van der Waals surface area contributed by atoms with E-state index < -0.39 is 0 Å². The third kappa shape index (κ3) is 2.76.